The van der Waals surface area contributed by atoms with E-state index in [1.807, 2.05) is 0 Å². The van der Waals surface area contributed by atoms with Gasteiger partial charge in [-0.2, -0.15) is 0 Å². The second kappa shape index (κ2) is 6.14. The Morgan fingerprint density at radius 3 is 2.65 bits per heavy atom. The molecule has 2 amide bonds. The molecule has 17 heavy (non-hydrogen) atoms. The summed E-state index contributed by atoms with van der Waals surface area (Å²) in [6, 6.07) is -0.357. The summed E-state index contributed by atoms with van der Waals surface area (Å²) in [5.74, 6) is -0.928. The first-order valence-corrected chi connectivity index (χ1v) is 5.92. The van der Waals surface area contributed by atoms with E-state index in [0.29, 0.717) is 11.7 Å². The molecule has 1 rings (SSSR count). The number of urea groups is 1. The van der Waals surface area contributed by atoms with Gasteiger partial charge in [-0.1, -0.05) is 11.3 Å². The number of rotatable bonds is 5. The molecule has 0 aliphatic heterocycles. The van der Waals surface area contributed by atoms with Crippen molar-refractivity contribution in [1.29, 1.82) is 0 Å². The van der Waals surface area contributed by atoms with Gasteiger partial charge in [0.15, 0.2) is 0 Å². The molecule has 0 saturated carbocycles. The third-order valence-electron chi connectivity index (χ3n) is 2.00. The number of carboxylic acid groups (broad SMARTS) is 1. The fourth-order valence-corrected chi connectivity index (χ4v) is 1.73. The Bertz CT molecular complexity index is 407. The lowest BCUT2D eigenvalue weighted by Gasteiger charge is -2.19. The third kappa shape index (κ3) is 4.35. The van der Waals surface area contributed by atoms with Crippen LogP contribution in [0, 0.1) is 6.92 Å². The molecule has 0 spiro atoms. The van der Waals surface area contributed by atoms with Crippen LogP contribution in [0.3, 0.4) is 0 Å². The summed E-state index contributed by atoms with van der Waals surface area (Å²) in [5, 5.41) is 19.8. The van der Waals surface area contributed by atoms with Crippen molar-refractivity contribution >= 4 is 28.5 Å². The van der Waals surface area contributed by atoms with Crippen molar-refractivity contribution in [3.05, 3.63) is 5.01 Å². The number of carbonyl (C=O) groups is 2. The highest BCUT2D eigenvalue weighted by atomic mass is 32.1. The molecular formula is C9H14N4O3S. The monoisotopic (exact) mass is 258 g/mol. The van der Waals surface area contributed by atoms with E-state index in [9.17, 15) is 9.59 Å². The molecule has 0 atom stereocenters. The molecule has 0 unspecified atom stereocenters. The molecule has 1 aromatic rings. The van der Waals surface area contributed by atoms with Crippen LogP contribution in [0.25, 0.3) is 0 Å². The summed E-state index contributed by atoms with van der Waals surface area (Å²) in [6.07, 6.45) is -0.0730. The molecule has 0 fully saturated rings. The first-order chi connectivity index (χ1) is 8.02. The summed E-state index contributed by atoms with van der Waals surface area (Å²) in [7, 11) is 0. The lowest BCUT2D eigenvalue weighted by molar-refractivity contribution is -0.137. The van der Waals surface area contributed by atoms with Crippen molar-refractivity contribution in [1.82, 2.24) is 15.1 Å². The summed E-state index contributed by atoms with van der Waals surface area (Å²) in [4.78, 5) is 23.6. The highest BCUT2D eigenvalue weighted by Gasteiger charge is 2.14. The van der Waals surface area contributed by atoms with Gasteiger partial charge in [0, 0.05) is 13.1 Å². The first-order valence-electron chi connectivity index (χ1n) is 5.10. The second-order valence-electron chi connectivity index (χ2n) is 3.28. The molecular weight excluding hydrogens is 244 g/mol. The Kier molecular flexibility index (Phi) is 4.83. The van der Waals surface area contributed by atoms with Crippen LogP contribution in [-0.2, 0) is 4.79 Å². The van der Waals surface area contributed by atoms with E-state index >= 15 is 0 Å². The molecule has 0 aliphatic carbocycles. The van der Waals surface area contributed by atoms with Crippen LogP contribution in [0.2, 0.25) is 0 Å². The van der Waals surface area contributed by atoms with Crippen LogP contribution >= 0.6 is 11.3 Å². The number of hydrogen-bond acceptors (Lipinski definition) is 5. The Morgan fingerprint density at radius 1 is 1.47 bits per heavy atom. The van der Waals surface area contributed by atoms with E-state index in [0.717, 1.165) is 5.01 Å². The maximum Gasteiger partial charge on any atom is 0.323 e. The second-order valence-corrected chi connectivity index (χ2v) is 4.46. The van der Waals surface area contributed by atoms with Crippen LogP contribution in [0.4, 0.5) is 9.93 Å². The first kappa shape index (κ1) is 13.4. The molecule has 0 saturated heterocycles. The molecule has 2 N–H and O–H groups in total. The van der Waals surface area contributed by atoms with Gasteiger partial charge in [-0.25, -0.2) is 4.79 Å². The Morgan fingerprint density at radius 2 is 2.18 bits per heavy atom. The lowest BCUT2D eigenvalue weighted by atomic mass is 10.4. The van der Waals surface area contributed by atoms with E-state index in [2.05, 4.69) is 15.5 Å². The van der Waals surface area contributed by atoms with Gasteiger partial charge in [-0.05, 0) is 13.8 Å². The standard InChI is InChI=1S/C9H14N4O3S/c1-3-13(5-4-7(14)15)9(16)10-8-12-11-6(2)17-8/h3-5H2,1-2H3,(H,14,15)(H,10,12,16). The number of hydrogen-bond donors (Lipinski definition) is 2. The average molecular weight is 258 g/mol. The van der Waals surface area contributed by atoms with Crippen LogP contribution in [0.1, 0.15) is 18.4 Å². The number of carbonyl (C=O) groups excluding carboxylic acids is 1. The normalized spacial score (nSPS) is 10.0. The molecule has 8 heteroatoms. The van der Waals surface area contributed by atoms with E-state index in [1.54, 1.807) is 13.8 Å². The minimum Gasteiger partial charge on any atom is -0.481 e. The number of aryl methyl sites for hydroxylation is 1. The highest BCUT2D eigenvalue weighted by molar-refractivity contribution is 7.15. The maximum atomic E-state index is 11.7. The molecule has 0 aliphatic rings. The number of anilines is 1. The van der Waals surface area contributed by atoms with Crippen LogP contribution in [0.5, 0.6) is 0 Å². The molecule has 1 heterocycles. The van der Waals surface area contributed by atoms with Crippen molar-refractivity contribution < 1.29 is 14.7 Å². The highest BCUT2D eigenvalue weighted by Crippen LogP contribution is 2.14. The number of amides is 2. The van der Waals surface area contributed by atoms with Crippen molar-refractivity contribution in [3.63, 3.8) is 0 Å². The zero-order valence-electron chi connectivity index (χ0n) is 9.63. The van der Waals surface area contributed by atoms with Crippen molar-refractivity contribution in [2.45, 2.75) is 20.3 Å². The Hall–Kier alpha value is -1.70. The van der Waals surface area contributed by atoms with Crippen LogP contribution in [0.15, 0.2) is 0 Å². The fraction of sp³-hybridized carbons (Fsp3) is 0.556. The number of nitrogens with zero attached hydrogens (tertiary/aromatic N) is 3. The van der Waals surface area contributed by atoms with Gasteiger partial charge in [-0.3, -0.25) is 10.1 Å². The Balaban J connectivity index is 2.51. The largest absolute Gasteiger partial charge is 0.481 e. The zero-order chi connectivity index (χ0) is 12.8. The Labute approximate surface area is 102 Å². The van der Waals surface area contributed by atoms with Gasteiger partial charge in [0.2, 0.25) is 5.13 Å². The minimum atomic E-state index is -0.928. The minimum absolute atomic E-state index is 0.0730. The number of carboxylic acids is 1. The molecule has 1 aromatic heterocycles. The summed E-state index contributed by atoms with van der Waals surface area (Å²) >= 11 is 1.27. The fourth-order valence-electron chi connectivity index (χ4n) is 1.15. The van der Waals surface area contributed by atoms with E-state index < -0.39 is 5.97 Å². The van der Waals surface area contributed by atoms with E-state index in [4.69, 9.17) is 5.11 Å². The smallest absolute Gasteiger partial charge is 0.323 e. The predicted molar refractivity (Wildman–Crippen MR) is 63.2 cm³/mol. The van der Waals surface area contributed by atoms with Gasteiger partial charge in [0.05, 0.1) is 6.42 Å². The van der Waals surface area contributed by atoms with Crippen molar-refractivity contribution in [2.24, 2.45) is 0 Å². The van der Waals surface area contributed by atoms with Gasteiger partial charge in [-0.15, -0.1) is 10.2 Å². The average Bonchev–Trinajstić information content (AvgIpc) is 2.64. The van der Waals surface area contributed by atoms with Gasteiger partial charge in [0.1, 0.15) is 5.01 Å². The quantitative estimate of drug-likeness (QED) is 0.826. The number of aliphatic carboxylic acids is 1. The molecule has 94 valence electrons. The van der Waals surface area contributed by atoms with Gasteiger partial charge in [0.25, 0.3) is 0 Å². The summed E-state index contributed by atoms with van der Waals surface area (Å²) < 4.78 is 0. The zero-order valence-corrected chi connectivity index (χ0v) is 10.5. The van der Waals surface area contributed by atoms with Crippen LogP contribution in [-0.4, -0.2) is 45.3 Å². The molecule has 0 radical (unpaired) electrons. The van der Waals surface area contributed by atoms with E-state index in [1.165, 1.54) is 16.2 Å². The molecule has 7 nitrogen and oxygen atoms in total. The topological polar surface area (TPSA) is 95.4 Å². The lowest BCUT2D eigenvalue weighted by Crippen LogP contribution is -2.36. The summed E-state index contributed by atoms with van der Waals surface area (Å²) in [5.41, 5.74) is 0. The van der Waals surface area contributed by atoms with Crippen LogP contribution < -0.4 is 5.32 Å². The van der Waals surface area contributed by atoms with Crippen molar-refractivity contribution in [2.75, 3.05) is 18.4 Å². The number of nitrogens with one attached hydrogen (secondary N) is 1. The van der Waals surface area contributed by atoms with Gasteiger partial charge >= 0.3 is 12.0 Å². The van der Waals surface area contributed by atoms with E-state index in [-0.39, 0.29) is 19.0 Å². The third-order valence-corrected chi connectivity index (χ3v) is 2.76. The molecule has 0 bridgehead atoms. The van der Waals surface area contributed by atoms with Crippen molar-refractivity contribution in [3.8, 4) is 0 Å². The number of aromatic nitrogens is 2. The van der Waals surface area contributed by atoms with Gasteiger partial charge < -0.3 is 10.0 Å². The maximum absolute atomic E-state index is 11.7. The predicted octanol–water partition coefficient (Wildman–Crippen LogP) is 1.18. The summed E-state index contributed by atoms with van der Waals surface area (Å²) in [6.45, 7) is 4.19. The molecule has 0 aromatic carbocycles. The SMILES string of the molecule is CCN(CCC(=O)O)C(=O)Nc1nnc(C)s1.